The zero-order valence-electron chi connectivity index (χ0n) is 12.4. The van der Waals surface area contributed by atoms with Crippen LogP contribution in [-0.2, 0) is 4.79 Å². The number of carbonyl (C=O) groups excluding carboxylic acids is 1. The van der Waals surface area contributed by atoms with Crippen LogP contribution >= 0.6 is 15.9 Å². The number of rotatable bonds is 4. The van der Waals surface area contributed by atoms with Gasteiger partial charge in [0.05, 0.1) is 16.6 Å². The van der Waals surface area contributed by atoms with Crippen LogP contribution in [0, 0.1) is 6.92 Å². The van der Waals surface area contributed by atoms with Crippen molar-refractivity contribution < 1.29 is 9.53 Å². The average molecular weight is 372 g/mol. The SMILES string of the molecule is Cc1ccc(NC(=O)COc2ncnc3ccccc23)c(Br)c1. The van der Waals surface area contributed by atoms with E-state index in [1.807, 2.05) is 49.4 Å². The highest BCUT2D eigenvalue weighted by atomic mass is 79.9. The van der Waals surface area contributed by atoms with Crippen LogP contribution in [0.3, 0.4) is 0 Å². The van der Waals surface area contributed by atoms with Gasteiger partial charge in [-0.25, -0.2) is 9.97 Å². The summed E-state index contributed by atoms with van der Waals surface area (Å²) in [5.41, 5.74) is 2.59. The van der Waals surface area contributed by atoms with Crippen molar-refractivity contribution in [2.75, 3.05) is 11.9 Å². The van der Waals surface area contributed by atoms with Crippen molar-refractivity contribution in [1.29, 1.82) is 0 Å². The van der Waals surface area contributed by atoms with Crippen molar-refractivity contribution in [1.82, 2.24) is 9.97 Å². The Bertz CT molecular complexity index is 862. The van der Waals surface area contributed by atoms with Gasteiger partial charge in [-0.1, -0.05) is 18.2 Å². The summed E-state index contributed by atoms with van der Waals surface area (Å²) in [5, 5.41) is 3.58. The van der Waals surface area contributed by atoms with E-state index in [9.17, 15) is 4.79 Å². The number of aryl methyl sites for hydroxylation is 1. The first-order valence-corrected chi connectivity index (χ1v) is 7.81. The molecule has 3 rings (SSSR count). The topological polar surface area (TPSA) is 64.1 Å². The van der Waals surface area contributed by atoms with E-state index in [0.29, 0.717) is 11.6 Å². The Morgan fingerprint density at radius 1 is 1.22 bits per heavy atom. The Kier molecular flexibility index (Phi) is 4.52. The maximum Gasteiger partial charge on any atom is 0.262 e. The lowest BCUT2D eigenvalue weighted by Gasteiger charge is -2.10. The lowest BCUT2D eigenvalue weighted by Crippen LogP contribution is -2.20. The minimum absolute atomic E-state index is 0.124. The number of halogens is 1. The molecule has 0 unspecified atom stereocenters. The second-order valence-electron chi connectivity index (χ2n) is 5.02. The maximum absolute atomic E-state index is 12.1. The van der Waals surface area contributed by atoms with E-state index in [0.717, 1.165) is 20.9 Å². The molecule has 2 aromatic carbocycles. The van der Waals surface area contributed by atoms with Gasteiger partial charge in [-0.15, -0.1) is 0 Å². The number of amides is 1. The van der Waals surface area contributed by atoms with Gasteiger partial charge < -0.3 is 10.1 Å². The molecule has 0 aliphatic carbocycles. The molecule has 0 saturated heterocycles. The number of nitrogens with zero attached hydrogens (tertiary/aromatic N) is 2. The van der Waals surface area contributed by atoms with E-state index in [1.165, 1.54) is 6.33 Å². The number of anilines is 1. The summed E-state index contributed by atoms with van der Waals surface area (Å²) in [6.07, 6.45) is 1.42. The van der Waals surface area contributed by atoms with Crippen LogP contribution in [0.2, 0.25) is 0 Å². The van der Waals surface area contributed by atoms with Gasteiger partial charge in [0.1, 0.15) is 6.33 Å². The number of benzene rings is 2. The van der Waals surface area contributed by atoms with E-state index < -0.39 is 0 Å². The highest BCUT2D eigenvalue weighted by Gasteiger charge is 2.09. The molecule has 23 heavy (non-hydrogen) atoms. The number of nitrogens with one attached hydrogen (secondary N) is 1. The number of hydrogen-bond acceptors (Lipinski definition) is 4. The third-order valence-electron chi connectivity index (χ3n) is 3.24. The first-order valence-electron chi connectivity index (χ1n) is 7.02. The van der Waals surface area contributed by atoms with Gasteiger partial charge in [0.25, 0.3) is 5.91 Å². The molecule has 1 heterocycles. The van der Waals surface area contributed by atoms with Crippen molar-refractivity contribution in [2.45, 2.75) is 6.92 Å². The fourth-order valence-corrected chi connectivity index (χ4v) is 2.73. The maximum atomic E-state index is 12.1. The Labute approximate surface area is 141 Å². The van der Waals surface area contributed by atoms with Crippen molar-refractivity contribution >= 4 is 38.4 Å². The lowest BCUT2D eigenvalue weighted by atomic mass is 10.2. The number of ether oxygens (including phenoxy) is 1. The van der Waals surface area contributed by atoms with Gasteiger partial charge in [0, 0.05) is 4.47 Å². The van der Waals surface area contributed by atoms with E-state index >= 15 is 0 Å². The molecule has 1 aromatic heterocycles. The molecule has 3 aromatic rings. The summed E-state index contributed by atoms with van der Waals surface area (Å²) in [7, 11) is 0. The molecule has 5 nitrogen and oxygen atoms in total. The van der Waals surface area contributed by atoms with Crippen LogP contribution in [0.5, 0.6) is 5.88 Å². The van der Waals surface area contributed by atoms with Gasteiger partial charge >= 0.3 is 0 Å². The largest absolute Gasteiger partial charge is 0.467 e. The molecule has 6 heteroatoms. The molecule has 0 atom stereocenters. The Hall–Kier alpha value is -2.47. The molecule has 0 fully saturated rings. The fraction of sp³-hybridized carbons (Fsp3) is 0.118. The first-order chi connectivity index (χ1) is 11.1. The van der Waals surface area contributed by atoms with Crippen LogP contribution in [-0.4, -0.2) is 22.5 Å². The predicted octanol–water partition coefficient (Wildman–Crippen LogP) is 3.72. The summed E-state index contributed by atoms with van der Waals surface area (Å²) < 4.78 is 6.37. The van der Waals surface area contributed by atoms with Crippen molar-refractivity contribution in [3.8, 4) is 5.88 Å². The molecule has 0 bridgehead atoms. The Balaban J connectivity index is 1.69. The number of carbonyl (C=O) groups is 1. The molecule has 116 valence electrons. The Morgan fingerprint density at radius 3 is 2.87 bits per heavy atom. The van der Waals surface area contributed by atoms with Gasteiger partial charge in [0.2, 0.25) is 5.88 Å². The standard InChI is InChI=1S/C17H14BrN3O2/c1-11-6-7-15(13(18)8-11)21-16(22)9-23-17-12-4-2-3-5-14(12)19-10-20-17/h2-8,10H,9H2,1H3,(H,21,22). The highest BCUT2D eigenvalue weighted by molar-refractivity contribution is 9.10. The van der Waals surface area contributed by atoms with Crippen LogP contribution in [0.25, 0.3) is 10.9 Å². The first kappa shape index (κ1) is 15.4. The summed E-state index contributed by atoms with van der Waals surface area (Å²) in [6, 6.07) is 13.2. The lowest BCUT2D eigenvalue weighted by molar-refractivity contribution is -0.118. The van der Waals surface area contributed by atoms with E-state index in [-0.39, 0.29) is 12.5 Å². The van der Waals surface area contributed by atoms with Crippen molar-refractivity contribution in [2.24, 2.45) is 0 Å². The van der Waals surface area contributed by atoms with Crippen LogP contribution in [0.4, 0.5) is 5.69 Å². The van der Waals surface area contributed by atoms with Gasteiger partial charge in [-0.05, 0) is 52.7 Å². The monoisotopic (exact) mass is 371 g/mol. The molecule has 1 N–H and O–H groups in total. The van der Waals surface area contributed by atoms with Gasteiger partial charge in [-0.3, -0.25) is 4.79 Å². The third-order valence-corrected chi connectivity index (χ3v) is 3.90. The zero-order valence-corrected chi connectivity index (χ0v) is 14.0. The average Bonchev–Trinajstić information content (AvgIpc) is 2.55. The van der Waals surface area contributed by atoms with Crippen LogP contribution in [0.15, 0.2) is 53.3 Å². The summed E-state index contributed by atoms with van der Waals surface area (Å²) >= 11 is 3.43. The van der Waals surface area contributed by atoms with Crippen molar-refractivity contribution in [3.63, 3.8) is 0 Å². The zero-order chi connectivity index (χ0) is 16.2. The van der Waals surface area contributed by atoms with Gasteiger partial charge in [0.15, 0.2) is 6.61 Å². The third kappa shape index (κ3) is 3.65. The number of aromatic nitrogens is 2. The van der Waals surface area contributed by atoms with E-state index in [2.05, 4.69) is 31.2 Å². The number of para-hydroxylation sites is 1. The molecular weight excluding hydrogens is 358 g/mol. The second kappa shape index (κ2) is 6.75. The molecule has 0 aliphatic rings. The van der Waals surface area contributed by atoms with E-state index in [4.69, 9.17) is 4.74 Å². The van der Waals surface area contributed by atoms with Gasteiger partial charge in [-0.2, -0.15) is 0 Å². The Morgan fingerprint density at radius 2 is 2.04 bits per heavy atom. The number of hydrogen-bond donors (Lipinski definition) is 1. The smallest absolute Gasteiger partial charge is 0.262 e. The van der Waals surface area contributed by atoms with Crippen LogP contribution in [0.1, 0.15) is 5.56 Å². The predicted molar refractivity (Wildman–Crippen MR) is 92.5 cm³/mol. The minimum Gasteiger partial charge on any atom is -0.467 e. The van der Waals surface area contributed by atoms with Crippen molar-refractivity contribution in [3.05, 3.63) is 58.8 Å². The summed E-state index contributed by atoms with van der Waals surface area (Å²) in [5.74, 6) is 0.144. The summed E-state index contributed by atoms with van der Waals surface area (Å²) in [6.45, 7) is 1.86. The van der Waals surface area contributed by atoms with Crippen LogP contribution < -0.4 is 10.1 Å². The molecule has 0 spiro atoms. The normalized spacial score (nSPS) is 10.5. The molecule has 0 saturated carbocycles. The van der Waals surface area contributed by atoms with E-state index in [1.54, 1.807) is 0 Å². The molecule has 0 aliphatic heterocycles. The minimum atomic E-state index is -0.253. The molecular formula is C17H14BrN3O2. The highest BCUT2D eigenvalue weighted by Crippen LogP contribution is 2.24. The summed E-state index contributed by atoms with van der Waals surface area (Å²) in [4.78, 5) is 20.3. The quantitative estimate of drug-likeness (QED) is 0.758. The fourth-order valence-electron chi connectivity index (χ4n) is 2.14. The second-order valence-corrected chi connectivity index (χ2v) is 5.87. The molecule has 1 amide bonds. The molecule has 0 radical (unpaired) electrons. The number of fused-ring (bicyclic) bond motifs is 1.